The second kappa shape index (κ2) is 6.07. The van der Waals surface area contributed by atoms with Crippen LogP contribution in [0.25, 0.3) is 0 Å². The van der Waals surface area contributed by atoms with Gasteiger partial charge in [-0.3, -0.25) is 0 Å². The summed E-state index contributed by atoms with van der Waals surface area (Å²) in [6.45, 7) is 3.82. The Bertz CT molecular complexity index is 372. The number of nitrogens with one attached hydrogen (secondary N) is 1. The molecule has 1 heterocycles. The minimum Gasteiger partial charge on any atom is -0.545 e. The maximum Gasteiger partial charge on any atom is 0.0866 e. The summed E-state index contributed by atoms with van der Waals surface area (Å²) in [5.74, 6) is -0.0111. The van der Waals surface area contributed by atoms with Crippen molar-refractivity contribution in [1.82, 2.24) is 0 Å². The lowest BCUT2D eigenvalue weighted by molar-refractivity contribution is -0.884. The average molecular weight is 251 g/mol. The number of benzene rings is 1. The molecule has 1 fully saturated rings. The van der Waals surface area contributed by atoms with Gasteiger partial charge in [0.15, 0.2) is 0 Å². The zero-order valence-corrected chi connectivity index (χ0v) is 10.6. The van der Waals surface area contributed by atoms with Crippen molar-refractivity contribution in [2.45, 2.75) is 17.7 Å². The van der Waals surface area contributed by atoms with Crippen LogP contribution in [-0.4, -0.2) is 31.4 Å². The molecule has 0 unspecified atom stereocenters. The summed E-state index contributed by atoms with van der Waals surface area (Å²) in [4.78, 5) is 13.4. The van der Waals surface area contributed by atoms with Gasteiger partial charge in [-0.1, -0.05) is 12.1 Å². The Morgan fingerprint density at radius 3 is 2.47 bits per heavy atom. The van der Waals surface area contributed by atoms with E-state index in [0.29, 0.717) is 0 Å². The molecular formula is C13H17NO2S. The topological polar surface area (TPSA) is 44.6 Å². The first kappa shape index (κ1) is 12.5. The molecule has 1 aliphatic heterocycles. The summed E-state index contributed by atoms with van der Waals surface area (Å²) < 4.78 is 0. The number of thioether (sulfide) groups is 1. The molecule has 1 aromatic rings. The normalized spacial score (nSPS) is 16.2. The largest absolute Gasteiger partial charge is 0.545 e. The highest BCUT2D eigenvalue weighted by molar-refractivity contribution is 7.99. The van der Waals surface area contributed by atoms with Crippen molar-refractivity contribution in [3.8, 4) is 0 Å². The standard InChI is InChI=1S/C13H17NO2S/c15-13(16)11-3-5-12(6-4-11)17-10-9-14-7-1-2-8-14/h3-6H,1-2,7-10H2,(H,15,16). The molecule has 1 aromatic carbocycles. The van der Waals surface area contributed by atoms with Crippen molar-refractivity contribution in [3.63, 3.8) is 0 Å². The number of carbonyl (C=O) groups is 1. The highest BCUT2D eigenvalue weighted by Gasteiger charge is 2.14. The molecule has 1 saturated heterocycles. The Kier molecular flexibility index (Phi) is 4.45. The van der Waals surface area contributed by atoms with E-state index in [1.165, 1.54) is 32.5 Å². The van der Waals surface area contributed by atoms with Gasteiger partial charge in [-0.2, -0.15) is 0 Å². The van der Waals surface area contributed by atoms with E-state index in [1.54, 1.807) is 28.8 Å². The van der Waals surface area contributed by atoms with Crippen LogP contribution in [0, 0.1) is 0 Å². The third-order valence-electron chi connectivity index (χ3n) is 3.13. The molecule has 0 aliphatic carbocycles. The van der Waals surface area contributed by atoms with Gasteiger partial charge in [-0.15, -0.1) is 11.8 Å². The predicted molar refractivity (Wildman–Crippen MR) is 66.3 cm³/mol. The van der Waals surface area contributed by atoms with E-state index in [9.17, 15) is 9.90 Å². The number of quaternary nitrogens is 1. The molecule has 0 amide bonds. The van der Waals surface area contributed by atoms with Crippen molar-refractivity contribution in [2.75, 3.05) is 25.4 Å². The molecule has 92 valence electrons. The molecule has 2 rings (SSSR count). The Morgan fingerprint density at radius 2 is 1.88 bits per heavy atom. The first-order valence-electron chi connectivity index (χ1n) is 6.03. The summed E-state index contributed by atoms with van der Waals surface area (Å²) in [6.07, 6.45) is 2.72. The van der Waals surface area contributed by atoms with E-state index < -0.39 is 5.97 Å². The highest BCUT2D eigenvalue weighted by atomic mass is 32.2. The Labute approximate surface area is 106 Å². The van der Waals surface area contributed by atoms with Crippen LogP contribution in [0.1, 0.15) is 23.2 Å². The van der Waals surface area contributed by atoms with Crippen LogP contribution in [0.2, 0.25) is 0 Å². The fraction of sp³-hybridized carbons (Fsp3) is 0.462. The summed E-state index contributed by atoms with van der Waals surface area (Å²) >= 11 is 1.79. The van der Waals surface area contributed by atoms with Crippen molar-refractivity contribution in [1.29, 1.82) is 0 Å². The van der Waals surface area contributed by atoms with E-state index in [1.807, 2.05) is 12.1 Å². The second-order valence-corrected chi connectivity index (χ2v) is 5.54. The Hall–Kier alpha value is -1.00. The van der Waals surface area contributed by atoms with E-state index in [2.05, 4.69) is 0 Å². The minimum atomic E-state index is -1.11. The average Bonchev–Trinajstić information content (AvgIpc) is 2.83. The molecule has 4 heteroatoms. The molecule has 1 aliphatic rings. The van der Waals surface area contributed by atoms with Crippen LogP contribution in [0.3, 0.4) is 0 Å². The monoisotopic (exact) mass is 251 g/mol. The first-order chi connectivity index (χ1) is 8.25. The number of likely N-dealkylation sites (tertiary alicyclic amines) is 1. The van der Waals surface area contributed by atoms with Crippen molar-refractivity contribution in [2.24, 2.45) is 0 Å². The van der Waals surface area contributed by atoms with Crippen LogP contribution >= 0.6 is 11.8 Å². The molecule has 0 aromatic heterocycles. The molecule has 0 saturated carbocycles. The summed E-state index contributed by atoms with van der Waals surface area (Å²) in [5, 5.41) is 10.6. The third kappa shape index (κ3) is 3.75. The molecular weight excluding hydrogens is 234 g/mol. The zero-order chi connectivity index (χ0) is 12.1. The molecule has 0 spiro atoms. The predicted octanol–water partition coefficient (Wildman–Crippen LogP) is -0.179. The Balaban J connectivity index is 1.76. The molecule has 0 atom stereocenters. The second-order valence-electron chi connectivity index (χ2n) is 4.37. The van der Waals surface area contributed by atoms with Crippen LogP contribution < -0.4 is 10.0 Å². The molecule has 1 N–H and O–H groups in total. The number of rotatable bonds is 5. The van der Waals surface area contributed by atoms with Crippen LogP contribution in [0.5, 0.6) is 0 Å². The molecule has 3 nitrogen and oxygen atoms in total. The number of hydrogen-bond donors (Lipinski definition) is 1. The molecule has 0 radical (unpaired) electrons. The van der Waals surface area contributed by atoms with Gasteiger partial charge in [0.2, 0.25) is 0 Å². The Morgan fingerprint density at radius 1 is 1.24 bits per heavy atom. The molecule has 17 heavy (non-hydrogen) atoms. The minimum absolute atomic E-state index is 0.250. The smallest absolute Gasteiger partial charge is 0.0866 e. The van der Waals surface area contributed by atoms with Crippen molar-refractivity contribution >= 4 is 17.7 Å². The van der Waals surface area contributed by atoms with E-state index in [4.69, 9.17) is 0 Å². The lowest BCUT2D eigenvalue weighted by atomic mass is 10.2. The SMILES string of the molecule is O=C([O-])c1ccc(SCC[NH+]2CCCC2)cc1. The van der Waals surface area contributed by atoms with Crippen molar-refractivity contribution in [3.05, 3.63) is 29.8 Å². The summed E-state index contributed by atoms with van der Waals surface area (Å²) in [6, 6.07) is 6.94. The van der Waals surface area contributed by atoms with Crippen LogP contribution in [-0.2, 0) is 0 Å². The lowest BCUT2D eigenvalue weighted by Crippen LogP contribution is -3.10. The first-order valence-corrected chi connectivity index (χ1v) is 7.02. The fourth-order valence-electron chi connectivity index (χ4n) is 2.13. The van der Waals surface area contributed by atoms with Crippen LogP contribution in [0.4, 0.5) is 0 Å². The van der Waals surface area contributed by atoms with Crippen LogP contribution in [0.15, 0.2) is 29.2 Å². The van der Waals surface area contributed by atoms with Gasteiger partial charge in [0.05, 0.1) is 25.6 Å². The van der Waals surface area contributed by atoms with Gasteiger partial charge in [0, 0.05) is 23.5 Å². The summed E-state index contributed by atoms with van der Waals surface area (Å²) in [7, 11) is 0. The van der Waals surface area contributed by atoms with E-state index in [-0.39, 0.29) is 5.56 Å². The summed E-state index contributed by atoms with van der Waals surface area (Å²) in [5.41, 5.74) is 0.250. The van der Waals surface area contributed by atoms with E-state index >= 15 is 0 Å². The number of carboxylic acids is 1. The van der Waals surface area contributed by atoms with Gasteiger partial charge in [-0.05, 0) is 17.7 Å². The number of carbonyl (C=O) groups excluding carboxylic acids is 1. The van der Waals surface area contributed by atoms with Gasteiger partial charge in [0.1, 0.15) is 0 Å². The van der Waals surface area contributed by atoms with Gasteiger partial charge >= 0.3 is 0 Å². The highest BCUT2D eigenvalue weighted by Crippen LogP contribution is 2.17. The van der Waals surface area contributed by atoms with Gasteiger partial charge in [-0.25, -0.2) is 0 Å². The zero-order valence-electron chi connectivity index (χ0n) is 9.78. The van der Waals surface area contributed by atoms with Gasteiger partial charge in [0.25, 0.3) is 0 Å². The number of aromatic carboxylic acids is 1. The molecule has 0 bridgehead atoms. The fourth-order valence-corrected chi connectivity index (χ4v) is 3.08. The maximum atomic E-state index is 10.6. The quantitative estimate of drug-likeness (QED) is 0.739. The maximum absolute atomic E-state index is 10.6. The van der Waals surface area contributed by atoms with Crippen molar-refractivity contribution < 1.29 is 14.8 Å². The number of hydrogen-bond acceptors (Lipinski definition) is 3. The third-order valence-corrected chi connectivity index (χ3v) is 4.14. The van der Waals surface area contributed by atoms with E-state index in [0.717, 1.165) is 10.6 Å². The lowest BCUT2D eigenvalue weighted by Gasteiger charge is -2.11. The van der Waals surface area contributed by atoms with Gasteiger partial charge < -0.3 is 14.8 Å². The number of carboxylic acid groups (broad SMARTS) is 1.